The molecule has 0 bridgehead atoms. The van der Waals surface area contributed by atoms with Crippen molar-refractivity contribution in [2.75, 3.05) is 5.32 Å². The van der Waals surface area contributed by atoms with E-state index in [1.165, 1.54) is 6.08 Å². The van der Waals surface area contributed by atoms with Crippen LogP contribution >= 0.6 is 22.9 Å². The van der Waals surface area contributed by atoms with Crippen LogP contribution in [-0.4, -0.2) is 10.9 Å². The van der Waals surface area contributed by atoms with Crippen LogP contribution in [0.15, 0.2) is 35.7 Å². The fourth-order valence-electron chi connectivity index (χ4n) is 1.35. The maximum Gasteiger partial charge on any atom is 0.248 e. The number of halogens is 1. The summed E-state index contributed by atoms with van der Waals surface area (Å²) in [6, 6.07) is 7.10. The number of para-hydroxylation sites is 1. The van der Waals surface area contributed by atoms with Crippen LogP contribution in [0.4, 0.5) is 5.69 Å². The molecule has 18 heavy (non-hydrogen) atoms. The van der Waals surface area contributed by atoms with E-state index in [4.69, 9.17) is 11.6 Å². The number of carbonyl (C=O) groups excluding carboxylic acids is 1. The van der Waals surface area contributed by atoms with Gasteiger partial charge in [-0.3, -0.25) is 4.79 Å². The summed E-state index contributed by atoms with van der Waals surface area (Å²) in [7, 11) is 0. The van der Waals surface area contributed by atoms with Crippen molar-refractivity contribution in [3.63, 3.8) is 0 Å². The van der Waals surface area contributed by atoms with Crippen LogP contribution < -0.4 is 5.32 Å². The molecule has 2 rings (SSSR count). The molecule has 0 fully saturated rings. The fraction of sp³-hybridized carbons (Fsp3) is 0.0769. The summed E-state index contributed by atoms with van der Waals surface area (Å²) in [6.45, 7) is 1.92. The lowest BCUT2D eigenvalue weighted by molar-refractivity contribution is -0.111. The molecule has 5 heteroatoms. The van der Waals surface area contributed by atoms with E-state index in [9.17, 15) is 4.79 Å². The minimum atomic E-state index is -0.228. The van der Waals surface area contributed by atoms with Gasteiger partial charge in [0.25, 0.3) is 0 Å². The van der Waals surface area contributed by atoms with E-state index in [0.717, 1.165) is 10.7 Å². The molecule has 2 aromatic rings. The zero-order valence-electron chi connectivity index (χ0n) is 9.68. The topological polar surface area (TPSA) is 42.0 Å². The summed E-state index contributed by atoms with van der Waals surface area (Å²) < 4.78 is 0. The summed E-state index contributed by atoms with van der Waals surface area (Å²) in [5.74, 6) is -0.228. The van der Waals surface area contributed by atoms with Crippen LogP contribution in [0, 0.1) is 6.92 Å². The van der Waals surface area contributed by atoms with E-state index >= 15 is 0 Å². The highest BCUT2D eigenvalue weighted by atomic mass is 35.5. The number of aryl methyl sites for hydroxylation is 1. The minimum absolute atomic E-state index is 0.228. The van der Waals surface area contributed by atoms with Crippen LogP contribution in [0.25, 0.3) is 6.08 Å². The largest absolute Gasteiger partial charge is 0.321 e. The number of rotatable bonds is 3. The Bertz CT molecular complexity index is 592. The average molecular weight is 279 g/mol. The van der Waals surface area contributed by atoms with E-state index in [0.29, 0.717) is 10.7 Å². The minimum Gasteiger partial charge on any atom is -0.321 e. The normalized spacial score (nSPS) is 10.8. The molecule has 1 heterocycles. The Morgan fingerprint density at radius 1 is 1.44 bits per heavy atom. The second-order valence-electron chi connectivity index (χ2n) is 3.59. The van der Waals surface area contributed by atoms with Gasteiger partial charge in [0.1, 0.15) is 0 Å². The van der Waals surface area contributed by atoms with E-state index < -0.39 is 0 Å². The monoisotopic (exact) mass is 278 g/mol. The van der Waals surface area contributed by atoms with Gasteiger partial charge in [-0.2, -0.15) is 0 Å². The molecule has 0 saturated carbocycles. The Labute approximate surface area is 114 Å². The zero-order valence-corrected chi connectivity index (χ0v) is 11.3. The standard InChI is InChI=1S/C13H11ClN2OS/c1-9-15-10(8-18-9)6-7-13(17)16-12-5-3-2-4-11(12)14/h2-8H,1H3,(H,16,17)/b7-6+. The third-order valence-corrected chi connectivity index (χ3v) is 3.30. The van der Waals surface area contributed by atoms with E-state index in [-0.39, 0.29) is 5.91 Å². The van der Waals surface area contributed by atoms with Crippen molar-refractivity contribution in [1.29, 1.82) is 0 Å². The van der Waals surface area contributed by atoms with Crippen molar-refractivity contribution >= 4 is 40.6 Å². The van der Waals surface area contributed by atoms with Crippen LogP contribution in [0.1, 0.15) is 10.7 Å². The lowest BCUT2D eigenvalue weighted by Gasteiger charge is -2.03. The molecule has 1 amide bonds. The summed E-state index contributed by atoms with van der Waals surface area (Å²) >= 11 is 7.49. The highest BCUT2D eigenvalue weighted by Crippen LogP contribution is 2.20. The average Bonchev–Trinajstić information content (AvgIpc) is 2.76. The van der Waals surface area contributed by atoms with Crippen molar-refractivity contribution in [3.8, 4) is 0 Å². The number of aromatic nitrogens is 1. The molecule has 1 N–H and O–H groups in total. The van der Waals surface area contributed by atoms with E-state index in [1.807, 2.05) is 24.4 Å². The van der Waals surface area contributed by atoms with Gasteiger partial charge in [0.2, 0.25) is 5.91 Å². The molecule has 1 aromatic heterocycles. The second-order valence-corrected chi connectivity index (χ2v) is 5.06. The van der Waals surface area contributed by atoms with E-state index in [2.05, 4.69) is 10.3 Å². The second kappa shape index (κ2) is 5.80. The van der Waals surface area contributed by atoms with Gasteiger partial charge in [0.15, 0.2) is 0 Å². The van der Waals surface area contributed by atoms with Crippen molar-refractivity contribution in [3.05, 3.63) is 51.4 Å². The fourth-order valence-corrected chi connectivity index (χ4v) is 2.12. The quantitative estimate of drug-likeness (QED) is 0.869. The maximum atomic E-state index is 11.7. The first kappa shape index (κ1) is 12.8. The summed E-state index contributed by atoms with van der Waals surface area (Å²) in [5, 5.41) is 6.09. The van der Waals surface area contributed by atoms with Crippen molar-refractivity contribution in [2.45, 2.75) is 6.92 Å². The number of anilines is 1. The van der Waals surface area contributed by atoms with Gasteiger partial charge >= 0.3 is 0 Å². The highest BCUT2D eigenvalue weighted by Gasteiger charge is 2.02. The third-order valence-electron chi connectivity index (χ3n) is 2.17. The molecular formula is C13H11ClN2OS. The van der Waals surface area contributed by atoms with Gasteiger partial charge in [0.05, 0.1) is 21.4 Å². The van der Waals surface area contributed by atoms with Gasteiger partial charge in [-0.25, -0.2) is 4.98 Å². The van der Waals surface area contributed by atoms with Crippen LogP contribution in [-0.2, 0) is 4.79 Å². The van der Waals surface area contributed by atoms with E-state index in [1.54, 1.807) is 29.5 Å². The number of nitrogens with zero attached hydrogens (tertiary/aromatic N) is 1. The van der Waals surface area contributed by atoms with Gasteiger partial charge in [-0.05, 0) is 25.1 Å². The number of carbonyl (C=O) groups is 1. The molecule has 1 aromatic carbocycles. The van der Waals surface area contributed by atoms with Gasteiger partial charge in [-0.15, -0.1) is 11.3 Å². The Hall–Kier alpha value is -1.65. The number of benzene rings is 1. The zero-order chi connectivity index (χ0) is 13.0. The molecular weight excluding hydrogens is 268 g/mol. The molecule has 3 nitrogen and oxygen atoms in total. The molecule has 0 radical (unpaired) electrons. The molecule has 0 saturated heterocycles. The van der Waals surface area contributed by atoms with Crippen molar-refractivity contribution in [2.24, 2.45) is 0 Å². The predicted octanol–water partition coefficient (Wildman–Crippen LogP) is 3.76. The summed E-state index contributed by atoms with van der Waals surface area (Å²) in [6.07, 6.45) is 3.12. The number of hydrogen-bond acceptors (Lipinski definition) is 3. The first-order valence-corrected chi connectivity index (χ1v) is 6.56. The SMILES string of the molecule is Cc1nc(/C=C/C(=O)Nc2ccccc2Cl)cs1. The smallest absolute Gasteiger partial charge is 0.248 e. The number of thiazole rings is 1. The molecule has 0 aliphatic rings. The number of hydrogen-bond donors (Lipinski definition) is 1. The maximum absolute atomic E-state index is 11.7. The molecule has 0 unspecified atom stereocenters. The van der Waals surface area contributed by atoms with Crippen LogP contribution in [0.2, 0.25) is 5.02 Å². The number of nitrogens with one attached hydrogen (secondary N) is 1. The summed E-state index contributed by atoms with van der Waals surface area (Å²) in [5.41, 5.74) is 1.38. The predicted molar refractivity (Wildman–Crippen MR) is 76.0 cm³/mol. The first-order chi connectivity index (χ1) is 8.65. The van der Waals surface area contributed by atoms with Gasteiger partial charge < -0.3 is 5.32 Å². The van der Waals surface area contributed by atoms with Crippen molar-refractivity contribution in [1.82, 2.24) is 4.98 Å². The number of amides is 1. The van der Waals surface area contributed by atoms with Gasteiger partial charge in [-0.1, -0.05) is 23.7 Å². The van der Waals surface area contributed by atoms with Crippen LogP contribution in [0.3, 0.4) is 0 Å². The first-order valence-electron chi connectivity index (χ1n) is 5.31. The molecule has 0 atom stereocenters. The van der Waals surface area contributed by atoms with Gasteiger partial charge in [0, 0.05) is 11.5 Å². The Kier molecular flexibility index (Phi) is 4.12. The van der Waals surface area contributed by atoms with Crippen molar-refractivity contribution < 1.29 is 4.79 Å². The Morgan fingerprint density at radius 3 is 2.89 bits per heavy atom. The molecule has 0 aliphatic heterocycles. The molecule has 0 spiro atoms. The molecule has 92 valence electrons. The van der Waals surface area contributed by atoms with Crippen LogP contribution in [0.5, 0.6) is 0 Å². The highest BCUT2D eigenvalue weighted by molar-refractivity contribution is 7.09. The Balaban J connectivity index is 2.01. The Morgan fingerprint density at radius 2 is 2.22 bits per heavy atom. The lowest BCUT2D eigenvalue weighted by Crippen LogP contribution is -2.07. The lowest BCUT2D eigenvalue weighted by atomic mass is 10.3. The third kappa shape index (κ3) is 3.42. The molecule has 0 aliphatic carbocycles. The summed E-state index contributed by atoms with van der Waals surface area (Å²) in [4.78, 5) is 15.9.